The standard InChI is InChI=1S/C17H33NO2/c1-16(2,3)14-6-8-17(12-18,9-7-14)15(19)13-5-4-10-20-11-13/h13-15,19H,4-12,18H2,1-3H3. The normalized spacial score (nSPS) is 37.6. The van der Waals surface area contributed by atoms with Gasteiger partial charge in [-0.05, 0) is 49.9 Å². The van der Waals surface area contributed by atoms with E-state index in [1.54, 1.807) is 0 Å². The van der Waals surface area contributed by atoms with Crippen LogP contribution in [0.5, 0.6) is 0 Å². The smallest absolute Gasteiger partial charge is 0.0658 e. The summed E-state index contributed by atoms with van der Waals surface area (Å²) in [6.45, 7) is 9.17. The Morgan fingerprint density at radius 3 is 2.35 bits per heavy atom. The zero-order valence-electron chi connectivity index (χ0n) is 13.5. The lowest BCUT2D eigenvalue weighted by Crippen LogP contribution is -2.50. The van der Waals surface area contributed by atoms with Gasteiger partial charge in [-0.15, -0.1) is 0 Å². The fourth-order valence-corrected chi connectivity index (χ4v) is 4.19. The maximum Gasteiger partial charge on any atom is 0.0658 e. The van der Waals surface area contributed by atoms with Gasteiger partial charge in [0.05, 0.1) is 12.7 Å². The highest BCUT2D eigenvalue weighted by Crippen LogP contribution is 2.48. The molecule has 0 spiro atoms. The fourth-order valence-electron chi connectivity index (χ4n) is 4.19. The molecule has 2 fully saturated rings. The first-order valence-corrected chi connectivity index (χ1v) is 8.35. The lowest BCUT2D eigenvalue weighted by atomic mass is 9.60. The molecule has 0 radical (unpaired) electrons. The summed E-state index contributed by atoms with van der Waals surface area (Å²) >= 11 is 0. The second-order valence-electron chi connectivity index (χ2n) is 8.13. The first kappa shape index (κ1) is 16.3. The van der Waals surface area contributed by atoms with Crippen LogP contribution in [0.3, 0.4) is 0 Å². The van der Waals surface area contributed by atoms with E-state index in [0.29, 0.717) is 24.5 Å². The minimum Gasteiger partial charge on any atom is -0.392 e. The van der Waals surface area contributed by atoms with Crippen molar-refractivity contribution in [2.24, 2.45) is 28.4 Å². The third kappa shape index (κ3) is 3.37. The third-order valence-electron chi connectivity index (χ3n) is 5.88. The average molecular weight is 283 g/mol. The second-order valence-corrected chi connectivity index (χ2v) is 8.13. The maximum atomic E-state index is 10.9. The third-order valence-corrected chi connectivity index (χ3v) is 5.88. The Bertz CT molecular complexity index is 297. The van der Waals surface area contributed by atoms with Gasteiger partial charge >= 0.3 is 0 Å². The quantitative estimate of drug-likeness (QED) is 0.837. The predicted octanol–water partition coefficient (Wildman–Crippen LogP) is 2.96. The molecule has 3 nitrogen and oxygen atoms in total. The molecule has 0 bridgehead atoms. The Hall–Kier alpha value is -0.120. The number of hydrogen-bond acceptors (Lipinski definition) is 3. The molecule has 0 aromatic carbocycles. The highest BCUT2D eigenvalue weighted by atomic mass is 16.5. The van der Waals surface area contributed by atoms with Crippen LogP contribution in [0.15, 0.2) is 0 Å². The van der Waals surface area contributed by atoms with E-state index in [1.165, 1.54) is 12.8 Å². The predicted molar refractivity (Wildman–Crippen MR) is 82.5 cm³/mol. The number of aliphatic hydroxyl groups is 1. The molecule has 1 heterocycles. The SMILES string of the molecule is CC(C)(C)C1CCC(CN)(C(O)C2CCCOC2)CC1. The zero-order chi connectivity index (χ0) is 14.8. The molecule has 0 aromatic rings. The molecule has 1 saturated heterocycles. The van der Waals surface area contributed by atoms with Gasteiger partial charge in [-0.3, -0.25) is 0 Å². The summed E-state index contributed by atoms with van der Waals surface area (Å²) in [5.41, 5.74) is 6.41. The van der Waals surface area contributed by atoms with Gasteiger partial charge in [0.2, 0.25) is 0 Å². The van der Waals surface area contributed by atoms with Crippen molar-refractivity contribution >= 4 is 0 Å². The van der Waals surface area contributed by atoms with E-state index in [4.69, 9.17) is 10.5 Å². The molecule has 0 aromatic heterocycles. The van der Waals surface area contributed by atoms with Crippen molar-refractivity contribution < 1.29 is 9.84 Å². The molecular formula is C17H33NO2. The Kier molecular flexibility index (Phi) is 5.14. The first-order chi connectivity index (χ1) is 9.39. The average Bonchev–Trinajstić information content (AvgIpc) is 2.46. The Morgan fingerprint density at radius 1 is 1.25 bits per heavy atom. The maximum absolute atomic E-state index is 10.9. The van der Waals surface area contributed by atoms with Gasteiger partial charge in [0, 0.05) is 24.5 Å². The molecule has 2 rings (SSSR count). The van der Waals surface area contributed by atoms with Crippen molar-refractivity contribution in [3.05, 3.63) is 0 Å². The van der Waals surface area contributed by atoms with Crippen molar-refractivity contribution in [2.75, 3.05) is 19.8 Å². The summed E-state index contributed by atoms with van der Waals surface area (Å²) in [5.74, 6) is 1.05. The largest absolute Gasteiger partial charge is 0.392 e. The van der Waals surface area contributed by atoms with E-state index in [2.05, 4.69) is 20.8 Å². The zero-order valence-corrected chi connectivity index (χ0v) is 13.5. The van der Waals surface area contributed by atoms with Crippen molar-refractivity contribution in [3.8, 4) is 0 Å². The summed E-state index contributed by atoms with van der Waals surface area (Å²) in [6.07, 6.45) is 6.43. The number of ether oxygens (including phenoxy) is 1. The summed E-state index contributed by atoms with van der Waals surface area (Å²) in [5, 5.41) is 10.9. The number of nitrogens with two attached hydrogens (primary N) is 1. The highest BCUT2D eigenvalue weighted by molar-refractivity contribution is 4.96. The second kappa shape index (κ2) is 6.33. The van der Waals surface area contributed by atoms with E-state index in [9.17, 15) is 5.11 Å². The van der Waals surface area contributed by atoms with E-state index in [-0.39, 0.29) is 11.5 Å². The van der Waals surface area contributed by atoms with Crippen LogP contribution in [0.2, 0.25) is 0 Å². The van der Waals surface area contributed by atoms with E-state index < -0.39 is 0 Å². The molecule has 3 N–H and O–H groups in total. The monoisotopic (exact) mass is 283 g/mol. The Labute approximate surface area is 124 Å². The molecule has 2 aliphatic rings. The molecule has 3 heteroatoms. The molecule has 2 atom stereocenters. The minimum atomic E-state index is -0.284. The molecule has 0 amide bonds. The molecule has 1 aliphatic carbocycles. The number of rotatable bonds is 3. The van der Waals surface area contributed by atoms with E-state index >= 15 is 0 Å². The molecule has 1 aliphatic heterocycles. The van der Waals surface area contributed by atoms with Crippen LogP contribution < -0.4 is 5.73 Å². The van der Waals surface area contributed by atoms with Crippen molar-refractivity contribution in [3.63, 3.8) is 0 Å². The summed E-state index contributed by atoms with van der Waals surface area (Å²) < 4.78 is 5.56. The van der Waals surface area contributed by atoms with Crippen molar-refractivity contribution in [1.29, 1.82) is 0 Å². The van der Waals surface area contributed by atoms with Crippen LogP contribution in [-0.2, 0) is 4.74 Å². The fraction of sp³-hybridized carbons (Fsp3) is 1.00. The van der Waals surface area contributed by atoms with Crippen molar-refractivity contribution in [1.82, 2.24) is 0 Å². The highest BCUT2D eigenvalue weighted by Gasteiger charge is 2.45. The van der Waals surface area contributed by atoms with E-state index in [1.807, 2.05) is 0 Å². The molecule has 118 valence electrons. The van der Waals surface area contributed by atoms with Gasteiger partial charge < -0.3 is 15.6 Å². The first-order valence-electron chi connectivity index (χ1n) is 8.35. The summed E-state index contributed by atoms with van der Waals surface area (Å²) in [7, 11) is 0. The van der Waals surface area contributed by atoms with Crippen LogP contribution in [0.1, 0.15) is 59.3 Å². The van der Waals surface area contributed by atoms with Gasteiger partial charge in [-0.2, -0.15) is 0 Å². The van der Waals surface area contributed by atoms with Crippen LogP contribution in [0, 0.1) is 22.7 Å². The van der Waals surface area contributed by atoms with Crippen LogP contribution >= 0.6 is 0 Å². The summed E-state index contributed by atoms with van der Waals surface area (Å²) in [4.78, 5) is 0. The number of hydrogen-bond donors (Lipinski definition) is 2. The van der Waals surface area contributed by atoms with Gasteiger partial charge in [0.25, 0.3) is 0 Å². The number of aliphatic hydroxyl groups excluding tert-OH is 1. The molecular weight excluding hydrogens is 250 g/mol. The minimum absolute atomic E-state index is 0.0624. The lowest BCUT2D eigenvalue weighted by molar-refractivity contribution is -0.0897. The van der Waals surface area contributed by atoms with Crippen LogP contribution in [-0.4, -0.2) is 31.0 Å². The summed E-state index contributed by atoms with van der Waals surface area (Å²) in [6, 6.07) is 0. The van der Waals surface area contributed by atoms with Gasteiger partial charge in [0.15, 0.2) is 0 Å². The Morgan fingerprint density at radius 2 is 1.90 bits per heavy atom. The van der Waals surface area contributed by atoms with Crippen LogP contribution in [0.4, 0.5) is 0 Å². The van der Waals surface area contributed by atoms with E-state index in [0.717, 1.165) is 38.2 Å². The molecule has 2 unspecified atom stereocenters. The topological polar surface area (TPSA) is 55.5 Å². The van der Waals surface area contributed by atoms with Gasteiger partial charge in [-0.1, -0.05) is 20.8 Å². The van der Waals surface area contributed by atoms with Gasteiger partial charge in [0.1, 0.15) is 0 Å². The lowest BCUT2D eigenvalue weighted by Gasteiger charge is -2.48. The molecule has 20 heavy (non-hydrogen) atoms. The van der Waals surface area contributed by atoms with Crippen molar-refractivity contribution in [2.45, 2.75) is 65.4 Å². The Balaban J connectivity index is 2.00. The molecule has 1 saturated carbocycles. The van der Waals surface area contributed by atoms with Crippen LogP contribution in [0.25, 0.3) is 0 Å². The van der Waals surface area contributed by atoms with Gasteiger partial charge in [-0.25, -0.2) is 0 Å².